The Morgan fingerprint density at radius 3 is 2.22 bits per heavy atom. The van der Waals surface area contributed by atoms with Crippen LogP contribution in [0.1, 0.15) is 41.9 Å². The minimum Gasteiger partial charge on any atom is -0.481 e. The molecule has 7 heteroatoms. The Morgan fingerprint density at radius 1 is 1.09 bits per heavy atom. The number of aliphatic carboxylic acids is 1. The van der Waals surface area contributed by atoms with Crippen molar-refractivity contribution >= 4 is 29.1 Å². The Bertz CT molecular complexity index is 677. The first-order valence-electron chi connectivity index (χ1n) is 7.33. The number of hydrogen-bond acceptors (Lipinski definition) is 4. The largest absolute Gasteiger partial charge is 0.481 e. The van der Waals surface area contributed by atoms with Crippen molar-refractivity contribution in [1.29, 1.82) is 0 Å². The van der Waals surface area contributed by atoms with E-state index >= 15 is 0 Å². The molecule has 0 spiro atoms. The van der Waals surface area contributed by atoms with Gasteiger partial charge in [0.25, 0.3) is 5.91 Å². The van der Waals surface area contributed by atoms with Crippen LogP contribution in [0.3, 0.4) is 0 Å². The predicted molar refractivity (Wildman–Crippen MR) is 86.9 cm³/mol. The van der Waals surface area contributed by atoms with Crippen molar-refractivity contribution in [3.05, 3.63) is 33.0 Å². The average molecular weight is 336 g/mol. The van der Waals surface area contributed by atoms with E-state index in [2.05, 4.69) is 10.9 Å². The summed E-state index contributed by atoms with van der Waals surface area (Å²) in [7, 11) is 0. The van der Waals surface area contributed by atoms with Gasteiger partial charge in [-0.1, -0.05) is 11.1 Å². The lowest BCUT2D eigenvalue weighted by atomic mass is 9.76. The Hall–Kier alpha value is -2.15. The maximum absolute atomic E-state index is 12.3. The number of aryl methyl sites for hydroxylation is 1. The van der Waals surface area contributed by atoms with Crippen molar-refractivity contribution in [3.63, 3.8) is 0 Å². The van der Waals surface area contributed by atoms with Gasteiger partial charge in [-0.2, -0.15) is 0 Å². The third-order valence-electron chi connectivity index (χ3n) is 4.21. The number of nitrogens with one attached hydrogen (secondary N) is 2. The van der Waals surface area contributed by atoms with E-state index in [9.17, 15) is 19.5 Å². The van der Waals surface area contributed by atoms with Crippen LogP contribution < -0.4 is 10.9 Å². The van der Waals surface area contributed by atoms with Crippen LogP contribution in [0.15, 0.2) is 22.6 Å². The smallest absolute Gasteiger partial charge is 0.307 e. The van der Waals surface area contributed by atoms with Gasteiger partial charge in [0.2, 0.25) is 5.91 Å². The van der Waals surface area contributed by atoms with Crippen LogP contribution in [0.25, 0.3) is 0 Å². The van der Waals surface area contributed by atoms with E-state index in [1.54, 1.807) is 11.4 Å². The van der Waals surface area contributed by atoms with E-state index in [0.29, 0.717) is 18.4 Å². The van der Waals surface area contributed by atoms with Crippen LogP contribution >= 0.6 is 11.3 Å². The molecule has 3 N–H and O–H groups in total. The van der Waals surface area contributed by atoms with Crippen molar-refractivity contribution in [1.82, 2.24) is 10.9 Å². The fourth-order valence-electron chi connectivity index (χ4n) is 2.67. The minimum atomic E-state index is -0.989. The van der Waals surface area contributed by atoms with E-state index in [1.165, 1.54) is 11.3 Å². The SMILES string of the molecule is CC1=C(C)C[C@@H](C(=O)NNC(=O)c2csc(C)c2)[C@H](C(=O)O)C1. The summed E-state index contributed by atoms with van der Waals surface area (Å²) in [5.41, 5.74) is 7.23. The highest BCUT2D eigenvalue weighted by atomic mass is 32.1. The zero-order valence-electron chi connectivity index (χ0n) is 13.3. The molecule has 0 saturated heterocycles. The first kappa shape index (κ1) is 17.2. The van der Waals surface area contributed by atoms with E-state index in [4.69, 9.17) is 0 Å². The lowest BCUT2D eigenvalue weighted by Crippen LogP contribution is -2.48. The maximum atomic E-state index is 12.3. The second-order valence-corrected chi connectivity index (χ2v) is 7.02. The molecule has 0 radical (unpaired) electrons. The van der Waals surface area contributed by atoms with Gasteiger partial charge in [0.05, 0.1) is 17.4 Å². The summed E-state index contributed by atoms with van der Waals surface area (Å²) >= 11 is 1.44. The second-order valence-electron chi connectivity index (χ2n) is 5.91. The molecule has 23 heavy (non-hydrogen) atoms. The number of hydrogen-bond donors (Lipinski definition) is 3. The van der Waals surface area contributed by atoms with Crippen LogP contribution in [-0.2, 0) is 9.59 Å². The number of carboxylic acid groups (broad SMARTS) is 1. The highest BCUT2D eigenvalue weighted by Crippen LogP contribution is 2.34. The standard InChI is InChI=1S/C16H20N2O4S/c1-8-4-12(13(16(21)22)5-9(8)2)15(20)18-17-14(19)11-6-10(3)23-7-11/h6-7,12-13H,4-5H2,1-3H3,(H,17,19)(H,18,20)(H,21,22)/t12-,13-/m1/s1. The Morgan fingerprint density at radius 2 is 1.70 bits per heavy atom. The Kier molecular flexibility index (Phi) is 5.20. The first-order chi connectivity index (χ1) is 10.8. The van der Waals surface area contributed by atoms with Crippen LogP contribution in [-0.4, -0.2) is 22.9 Å². The van der Waals surface area contributed by atoms with Gasteiger partial charge in [-0.25, -0.2) is 0 Å². The van der Waals surface area contributed by atoms with Crippen molar-refractivity contribution in [3.8, 4) is 0 Å². The molecule has 2 amide bonds. The molecule has 2 rings (SSSR count). The first-order valence-corrected chi connectivity index (χ1v) is 8.21. The average Bonchev–Trinajstić information content (AvgIpc) is 2.93. The second kappa shape index (κ2) is 6.95. The molecule has 6 nitrogen and oxygen atoms in total. The topological polar surface area (TPSA) is 95.5 Å². The summed E-state index contributed by atoms with van der Waals surface area (Å²) in [6.07, 6.45) is 0.749. The summed E-state index contributed by atoms with van der Waals surface area (Å²) in [4.78, 5) is 36.6. The molecule has 0 unspecified atom stereocenters. The van der Waals surface area contributed by atoms with Crippen LogP contribution in [0.5, 0.6) is 0 Å². The molecular formula is C16H20N2O4S. The molecular weight excluding hydrogens is 316 g/mol. The van der Waals surface area contributed by atoms with Crippen LogP contribution in [0, 0.1) is 18.8 Å². The number of hydrazine groups is 1. The van der Waals surface area contributed by atoms with Crippen molar-refractivity contribution in [2.75, 3.05) is 0 Å². The van der Waals surface area contributed by atoms with Gasteiger partial charge >= 0.3 is 5.97 Å². The molecule has 1 aliphatic carbocycles. The van der Waals surface area contributed by atoms with Crippen LogP contribution in [0.4, 0.5) is 0 Å². The highest BCUT2D eigenvalue weighted by Gasteiger charge is 2.37. The number of rotatable bonds is 3. The fourth-order valence-corrected chi connectivity index (χ4v) is 3.36. The molecule has 0 aliphatic heterocycles. The summed E-state index contributed by atoms with van der Waals surface area (Å²) in [6, 6.07) is 1.73. The number of amides is 2. The maximum Gasteiger partial charge on any atom is 0.307 e. The molecule has 1 aromatic rings. The van der Waals surface area contributed by atoms with Gasteiger partial charge in [-0.15, -0.1) is 11.3 Å². The van der Waals surface area contributed by atoms with E-state index in [-0.39, 0.29) is 0 Å². The van der Waals surface area contributed by atoms with E-state index in [1.807, 2.05) is 20.8 Å². The van der Waals surface area contributed by atoms with Gasteiger partial charge in [-0.3, -0.25) is 25.2 Å². The quantitative estimate of drug-likeness (QED) is 0.583. The van der Waals surface area contributed by atoms with E-state index < -0.39 is 29.6 Å². The molecule has 2 atom stereocenters. The van der Waals surface area contributed by atoms with Crippen LogP contribution in [0.2, 0.25) is 0 Å². The van der Waals surface area contributed by atoms with Gasteiger partial charge in [-0.05, 0) is 39.7 Å². The molecule has 124 valence electrons. The van der Waals surface area contributed by atoms with E-state index in [0.717, 1.165) is 16.0 Å². The predicted octanol–water partition coefficient (Wildman–Crippen LogP) is 2.26. The minimum absolute atomic E-state index is 0.358. The Balaban J connectivity index is 2.01. The normalized spacial score (nSPS) is 21.0. The lowest BCUT2D eigenvalue weighted by Gasteiger charge is -2.29. The van der Waals surface area contributed by atoms with Gasteiger partial charge < -0.3 is 5.11 Å². The molecule has 0 saturated carbocycles. The third-order valence-corrected chi connectivity index (χ3v) is 5.07. The zero-order chi connectivity index (χ0) is 17.1. The molecule has 0 aromatic carbocycles. The fraction of sp³-hybridized carbons (Fsp3) is 0.438. The van der Waals surface area contributed by atoms with Gasteiger partial charge in [0.15, 0.2) is 0 Å². The molecule has 1 heterocycles. The summed E-state index contributed by atoms with van der Waals surface area (Å²) < 4.78 is 0. The molecule has 1 aromatic heterocycles. The monoisotopic (exact) mass is 336 g/mol. The Labute approximate surface area is 138 Å². The molecule has 1 aliphatic rings. The van der Waals surface area contributed by atoms with Crippen molar-refractivity contribution in [2.24, 2.45) is 11.8 Å². The highest BCUT2D eigenvalue weighted by molar-refractivity contribution is 7.10. The number of carbonyl (C=O) groups is 3. The summed E-state index contributed by atoms with van der Waals surface area (Å²) in [5, 5.41) is 11.0. The van der Waals surface area contributed by atoms with Crippen molar-refractivity contribution < 1.29 is 19.5 Å². The van der Waals surface area contributed by atoms with Gasteiger partial charge in [0.1, 0.15) is 0 Å². The third kappa shape index (κ3) is 3.98. The molecule has 0 fully saturated rings. The zero-order valence-corrected chi connectivity index (χ0v) is 14.1. The number of carboxylic acids is 1. The summed E-state index contributed by atoms with van der Waals surface area (Å²) in [6.45, 7) is 5.68. The number of thiophene rings is 1. The van der Waals surface area contributed by atoms with Gasteiger partial charge in [0, 0.05) is 10.3 Å². The number of carbonyl (C=O) groups excluding carboxylic acids is 2. The number of allylic oxidation sites excluding steroid dienone is 2. The molecule has 0 bridgehead atoms. The summed E-state index contributed by atoms with van der Waals surface area (Å²) in [5.74, 6) is -3.31. The van der Waals surface area contributed by atoms with Crippen molar-refractivity contribution in [2.45, 2.75) is 33.6 Å². The lowest BCUT2D eigenvalue weighted by molar-refractivity contribution is -0.147.